The first-order valence-corrected chi connectivity index (χ1v) is 14.6. The highest BCUT2D eigenvalue weighted by atomic mass is 35.5. The molecule has 0 unspecified atom stereocenters. The minimum atomic E-state index is -0.821. The van der Waals surface area contributed by atoms with E-state index < -0.39 is 18.0 Å². The molecule has 0 bridgehead atoms. The number of hydrogen-bond acceptors (Lipinski definition) is 8. The number of tetrazole rings is 1. The number of aromatic amines is 1. The van der Waals surface area contributed by atoms with Crippen molar-refractivity contribution in [3.05, 3.63) is 76.4 Å². The molecule has 4 N–H and O–H groups in total. The average molecular weight is 639 g/mol. The topological polar surface area (TPSA) is 169 Å². The third-order valence-electron chi connectivity index (χ3n) is 7.02. The third-order valence-corrected chi connectivity index (χ3v) is 7.53. The maximum atomic E-state index is 13.2. The first-order valence-electron chi connectivity index (χ1n) is 13.8. The summed E-state index contributed by atoms with van der Waals surface area (Å²) in [4.78, 5) is 45.4. The van der Waals surface area contributed by atoms with E-state index >= 15 is 0 Å². The Kier molecular flexibility index (Phi) is 9.87. The largest absolute Gasteiger partial charge is 0.453 e. The number of methoxy groups -OCH3 is 1. The van der Waals surface area contributed by atoms with E-state index in [2.05, 4.69) is 46.2 Å². The Labute approximate surface area is 262 Å². The minimum absolute atomic E-state index is 0.0611. The predicted molar refractivity (Wildman–Crippen MR) is 164 cm³/mol. The summed E-state index contributed by atoms with van der Waals surface area (Å²) in [5.74, 6) is -0.380. The van der Waals surface area contributed by atoms with Crippen LogP contribution >= 0.6 is 23.2 Å². The number of benzene rings is 2. The normalized spacial score (nSPS) is 14.0. The van der Waals surface area contributed by atoms with Crippen LogP contribution in [-0.2, 0) is 14.3 Å². The Bertz CT molecular complexity index is 1650. The van der Waals surface area contributed by atoms with E-state index in [4.69, 9.17) is 23.2 Å². The quantitative estimate of drug-likeness (QED) is 0.179. The lowest BCUT2D eigenvalue weighted by Gasteiger charge is -2.18. The maximum Gasteiger partial charge on any atom is 0.411 e. The predicted octanol–water partition coefficient (Wildman–Crippen LogP) is 4.86. The van der Waals surface area contributed by atoms with Gasteiger partial charge >= 0.3 is 6.09 Å². The number of rotatable bonds is 10. The van der Waals surface area contributed by atoms with Crippen molar-refractivity contribution in [3.63, 3.8) is 0 Å². The summed E-state index contributed by atoms with van der Waals surface area (Å²) in [6.07, 6.45) is 7.67. The smallest absolute Gasteiger partial charge is 0.411 e. The van der Waals surface area contributed by atoms with Gasteiger partial charge in [-0.1, -0.05) is 48.2 Å². The van der Waals surface area contributed by atoms with Gasteiger partial charge in [0, 0.05) is 34.0 Å². The summed E-state index contributed by atoms with van der Waals surface area (Å²) in [6, 6.07) is 11.2. The SMILES string of the molecule is COC(=O)Nc1ccc(-c2nc([C@H](CC(=O)NC3CCCC3)NC(=O)C=Cc3cc(Cl)ccc3-n3cnnn3)[nH]c2Cl)cc1. The molecule has 15 heteroatoms. The molecule has 4 aromatic rings. The van der Waals surface area contributed by atoms with Crippen molar-refractivity contribution in [1.29, 1.82) is 0 Å². The summed E-state index contributed by atoms with van der Waals surface area (Å²) in [7, 11) is 1.28. The minimum Gasteiger partial charge on any atom is -0.453 e. The number of ether oxygens (including phenoxy) is 1. The number of nitrogens with zero attached hydrogens (tertiary/aromatic N) is 5. The van der Waals surface area contributed by atoms with Crippen molar-refractivity contribution in [1.82, 2.24) is 40.8 Å². The van der Waals surface area contributed by atoms with Crippen LogP contribution in [0.3, 0.4) is 0 Å². The molecule has 0 aliphatic heterocycles. The Balaban J connectivity index is 1.37. The average Bonchev–Trinajstić information content (AvgIpc) is 3.79. The van der Waals surface area contributed by atoms with E-state index in [0.29, 0.717) is 39.0 Å². The second-order valence-corrected chi connectivity index (χ2v) is 10.9. The third kappa shape index (κ3) is 7.79. The molecule has 44 heavy (non-hydrogen) atoms. The van der Waals surface area contributed by atoms with Gasteiger partial charge in [-0.15, -0.1) is 5.10 Å². The molecule has 2 aromatic carbocycles. The Hall–Kier alpha value is -4.75. The molecule has 228 valence electrons. The molecule has 0 radical (unpaired) electrons. The lowest BCUT2D eigenvalue weighted by Crippen LogP contribution is -2.37. The van der Waals surface area contributed by atoms with Gasteiger partial charge in [0.15, 0.2) is 0 Å². The van der Waals surface area contributed by atoms with Gasteiger partial charge in [-0.2, -0.15) is 4.68 Å². The van der Waals surface area contributed by atoms with Crippen LogP contribution in [0, 0.1) is 0 Å². The molecule has 1 atom stereocenters. The van der Waals surface area contributed by atoms with Crippen LogP contribution in [0.2, 0.25) is 10.2 Å². The highest BCUT2D eigenvalue weighted by Crippen LogP contribution is 2.30. The van der Waals surface area contributed by atoms with Gasteiger partial charge in [0.2, 0.25) is 11.8 Å². The van der Waals surface area contributed by atoms with Gasteiger partial charge in [0.1, 0.15) is 23.0 Å². The molecule has 1 saturated carbocycles. The van der Waals surface area contributed by atoms with Gasteiger partial charge in [-0.3, -0.25) is 14.9 Å². The molecule has 1 aliphatic rings. The van der Waals surface area contributed by atoms with Crippen molar-refractivity contribution in [3.8, 4) is 16.9 Å². The molecule has 0 saturated heterocycles. The van der Waals surface area contributed by atoms with Crippen molar-refractivity contribution in [2.75, 3.05) is 12.4 Å². The van der Waals surface area contributed by atoms with E-state index in [9.17, 15) is 14.4 Å². The number of hydrogen-bond donors (Lipinski definition) is 4. The van der Waals surface area contributed by atoms with Gasteiger partial charge in [0.25, 0.3) is 0 Å². The standard InChI is InChI=1S/C29H29Cl2N9O4/c1-44-29(43)34-21-10-6-17(7-11-21)26-27(31)37-28(36-26)22(15-25(42)33-20-4-2-3-5-20)35-24(41)13-8-18-14-19(30)9-12-23(18)40-16-32-38-39-40/h6-14,16,20,22H,2-5,15H2,1H3,(H,33,42)(H,34,43)(H,35,41)(H,36,37)/t22-/m0/s1. The fourth-order valence-corrected chi connectivity index (χ4v) is 5.32. The number of carbonyl (C=O) groups excluding carboxylic acids is 3. The first kappa shape index (κ1) is 30.7. The first-order chi connectivity index (χ1) is 21.3. The molecule has 13 nitrogen and oxygen atoms in total. The van der Waals surface area contributed by atoms with E-state index in [1.165, 1.54) is 24.2 Å². The van der Waals surface area contributed by atoms with E-state index in [1.807, 2.05) is 0 Å². The van der Waals surface area contributed by atoms with Crippen LogP contribution in [0.15, 0.2) is 54.9 Å². The van der Waals surface area contributed by atoms with Gasteiger partial charge in [-0.05, 0) is 59.7 Å². The molecule has 2 heterocycles. The van der Waals surface area contributed by atoms with Crippen LogP contribution in [0.25, 0.3) is 23.0 Å². The van der Waals surface area contributed by atoms with Crippen LogP contribution in [0.4, 0.5) is 10.5 Å². The van der Waals surface area contributed by atoms with Gasteiger partial charge < -0.3 is 20.4 Å². The molecular formula is C29H29Cl2N9O4. The molecule has 1 fully saturated rings. The van der Waals surface area contributed by atoms with Crippen LogP contribution in [0.5, 0.6) is 0 Å². The molecule has 1 aliphatic carbocycles. The zero-order chi connectivity index (χ0) is 31.1. The van der Waals surface area contributed by atoms with Crippen LogP contribution < -0.4 is 16.0 Å². The summed E-state index contributed by atoms with van der Waals surface area (Å²) in [5, 5.41) is 20.4. The lowest BCUT2D eigenvalue weighted by atomic mass is 10.1. The Morgan fingerprint density at radius 1 is 1.14 bits per heavy atom. The summed E-state index contributed by atoms with van der Waals surface area (Å²) in [5.41, 5.74) is 2.82. The number of carbonyl (C=O) groups is 3. The number of amides is 3. The zero-order valence-corrected chi connectivity index (χ0v) is 25.1. The van der Waals surface area contributed by atoms with E-state index in [1.54, 1.807) is 48.5 Å². The second-order valence-electron chi connectivity index (χ2n) is 10.1. The number of halogens is 2. The Morgan fingerprint density at radius 2 is 1.91 bits per heavy atom. The summed E-state index contributed by atoms with van der Waals surface area (Å²) >= 11 is 12.7. The summed E-state index contributed by atoms with van der Waals surface area (Å²) in [6.45, 7) is 0. The number of aromatic nitrogens is 6. The molecule has 3 amide bonds. The molecular weight excluding hydrogens is 609 g/mol. The monoisotopic (exact) mass is 637 g/mol. The molecule has 5 rings (SSSR count). The highest BCUT2D eigenvalue weighted by Gasteiger charge is 2.25. The Morgan fingerprint density at radius 3 is 2.61 bits per heavy atom. The maximum absolute atomic E-state index is 13.2. The van der Waals surface area contributed by atoms with Crippen molar-refractivity contribution in [2.45, 2.75) is 44.2 Å². The molecule has 2 aromatic heterocycles. The van der Waals surface area contributed by atoms with Crippen molar-refractivity contribution < 1.29 is 19.1 Å². The highest BCUT2D eigenvalue weighted by molar-refractivity contribution is 6.32. The number of anilines is 1. The van der Waals surface area contributed by atoms with Crippen LogP contribution in [0.1, 0.15) is 49.5 Å². The number of imidazole rings is 1. The zero-order valence-electron chi connectivity index (χ0n) is 23.6. The van der Waals surface area contributed by atoms with Crippen molar-refractivity contribution in [2.24, 2.45) is 0 Å². The van der Waals surface area contributed by atoms with Gasteiger partial charge in [0.05, 0.1) is 25.3 Å². The fourth-order valence-electron chi connectivity index (χ4n) is 4.89. The summed E-state index contributed by atoms with van der Waals surface area (Å²) < 4.78 is 6.07. The number of nitrogens with one attached hydrogen (secondary N) is 4. The van der Waals surface area contributed by atoms with E-state index in [0.717, 1.165) is 25.7 Å². The number of H-pyrrole nitrogens is 1. The van der Waals surface area contributed by atoms with Crippen LogP contribution in [-0.4, -0.2) is 61.2 Å². The lowest BCUT2D eigenvalue weighted by molar-refractivity contribution is -0.123. The second kappa shape index (κ2) is 14.1. The van der Waals surface area contributed by atoms with Gasteiger partial charge in [-0.25, -0.2) is 9.78 Å². The van der Waals surface area contributed by atoms with E-state index in [-0.39, 0.29) is 23.5 Å². The van der Waals surface area contributed by atoms with Crippen molar-refractivity contribution >= 4 is 52.9 Å². The molecule has 0 spiro atoms. The fraction of sp³-hybridized carbons (Fsp3) is 0.276.